The zero-order valence-corrected chi connectivity index (χ0v) is 15.1. The number of ether oxygens (including phenoxy) is 2. The number of hydrogen-bond donors (Lipinski definition) is 1. The quantitative estimate of drug-likeness (QED) is 0.692. The van der Waals surface area contributed by atoms with Crippen LogP contribution < -0.4 is 10.1 Å². The summed E-state index contributed by atoms with van der Waals surface area (Å²) < 4.78 is 46.0. The van der Waals surface area contributed by atoms with E-state index in [2.05, 4.69) is 10.1 Å². The van der Waals surface area contributed by atoms with Crippen LogP contribution in [0.3, 0.4) is 0 Å². The van der Waals surface area contributed by atoms with E-state index in [0.717, 1.165) is 0 Å². The van der Waals surface area contributed by atoms with Crippen LogP contribution >= 0.6 is 0 Å². The molecule has 0 bridgehead atoms. The van der Waals surface area contributed by atoms with Gasteiger partial charge in [-0.25, -0.2) is 4.79 Å². The van der Waals surface area contributed by atoms with Crippen LogP contribution in [-0.2, 0) is 20.3 Å². The molecule has 9 heteroatoms. The van der Waals surface area contributed by atoms with Crippen molar-refractivity contribution in [2.75, 3.05) is 17.7 Å². The molecule has 144 valence electrons. The molecular weight excluding hydrogens is 380 g/mol. The van der Waals surface area contributed by atoms with E-state index in [0.29, 0.717) is 10.6 Å². The van der Waals surface area contributed by atoms with Crippen molar-refractivity contribution in [2.45, 2.75) is 18.4 Å². The minimum Gasteiger partial charge on any atom is -0.452 e. The molecule has 1 unspecified atom stereocenters. The highest BCUT2D eigenvalue weighted by molar-refractivity contribution is 7.85. The highest BCUT2D eigenvalue weighted by atomic mass is 32.2. The standard InChI is InChI=1S/C18H17F2NO5S/c1-2-27(24)15-10-6-3-7-12(15)17(23)25-11-16(22)21-13-8-4-5-9-14(13)26-18(19)20/h3-10,18H,2,11H2,1H3,(H,21,22). The summed E-state index contributed by atoms with van der Waals surface area (Å²) in [4.78, 5) is 24.5. The summed E-state index contributed by atoms with van der Waals surface area (Å²) in [5.74, 6) is -1.43. The van der Waals surface area contributed by atoms with Gasteiger partial charge in [-0.2, -0.15) is 8.78 Å². The molecule has 1 amide bonds. The van der Waals surface area contributed by atoms with Crippen molar-refractivity contribution in [3.63, 3.8) is 0 Å². The summed E-state index contributed by atoms with van der Waals surface area (Å²) in [5, 5.41) is 2.34. The van der Waals surface area contributed by atoms with E-state index >= 15 is 0 Å². The summed E-state index contributed by atoms with van der Waals surface area (Å²) in [6, 6.07) is 11.9. The number of carbonyl (C=O) groups is 2. The predicted molar refractivity (Wildman–Crippen MR) is 95.4 cm³/mol. The van der Waals surface area contributed by atoms with Crippen molar-refractivity contribution >= 4 is 28.4 Å². The fourth-order valence-electron chi connectivity index (χ4n) is 2.15. The lowest BCUT2D eigenvalue weighted by atomic mass is 10.2. The highest BCUT2D eigenvalue weighted by Crippen LogP contribution is 2.25. The van der Waals surface area contributed by atoms with Gasteiger partial charge in [-0.15, -0.1) is 0 Å². The van der Waals surface area contributed by atoms with Gasteiger partial charge in [0, 0.05) is 5.75 Å². The number of para-hydroxylation sites is 2. The van der Waals surface area contributed by atoms with Crippen LogP contribution in [0.1, 0.15) is 17.3 Å². The maximum Gasteiger partial charge on any atom is 0.387 e. The Labute approximate surface area is 156 Å². The number of esters is 1. The number of alkyl halides is 2. The molecule has 0 heterocycles. The Morgan fingerprint density at radius 2 is 1.78 bits per heavy atom. The molecule has 0 spiro atoms. The molecule has 2 aromatic rings. The first-order valence-electron chi connectivity index (χ1n) is 7.90. The Hall–Kier alpha value is -2.81. The first-order valence-corrected chi connectivity index (χ1v) is 9.22. The van der Waals surface area contributed by atoms with E-state index in [9.17, 15) is 22.6 Å². The Morgan fingerprint density at radius 1 is 1.11 bits per heavy atom. The van der Waals surface area contributed by atoms with Crippen molar-refractivity contribution in [3.8, 4) is 5.75 Å². The third kappa shape index (κ3) is 5.85. The number of benzene rings is 2. The van der Waals surface area contributed by atoms with Crippen LogP contribution in [0.25, 0.3) is 0 Å². The summed E-state index contributed by atoms with van der Waals surface area (Å²) in [6.07, 6.45) is 0. The first kappa shape index (κ1) is 20.5. The lowest BCUT2D eigenvalue weighted by Crippen LogP contribution is -2.22. The second kappa shape index (κ2) is 9.77. The molecule has 1 atom stereocenters. The number of anilines is 1. The molecule has 0 aliphatic carbocycles. The van der Waals surface area contributed by atoms with Gasteiger partial charge in [-0.1, -0.05) is 31.2 Å². The molecule has 0 radical (unpaired) electrons. The highest BCUT2D eigenvalue weighted by Gasteiger charge is 2.18. The second-order valence-electron chi connectivity index (χ2n) is 5.13. The van der Waals surface area contributed by atoms with Gasteiger partial charge in [-0.05, 0) is 24.3 Å². The van der Waals surface area contributed by atoms with Crippen LogP contribution in [0.5, 0.6) is 5.75 Å². The summed E-state index contributed by atoms with van der Waals surface area (Å²) in [5.41, 5.74) is 0.123. The molecule has 0 fully saturated rings. The number of amides is 1. The fraction of sp³-hybridized carbons (Fsp3) is 0.222. The molecular formula is C18H17F2NO5S. The van der Waals surface area contributed by atoms with E-state index in [1.807, 2.05) is 0 Å². The molecule has 0 aliphatic rings. The van der Waals surface area contributed by atoms with E-state index in [1.165, 1.54) is 30.3 Å². The first-order chi connectivity index (χ1) is 12.9. The minimum atomic E-state index is -3.04. The van der Waals surface area contributed by atoms with Crippen molar-refractivity contribution in [3.05, 3.63) is 54.1 Å². The maximum absolute atomic E-state index is 12.4. The normalized spacial score (nSPS) is 11.7. The number of hydrogen-bond acceptors (Lipinski definition) is 5. The summed E-state index contributed by atoms with van der Waals surface area (Å²) >= 11 is 0. The lowest BCUT2D eigenvalue weighted by molar-refractivity contribution is -0.119. The topological polar surface area (TPSA) is 81.7 Å². The molecule has 0 aliphatic heterocycles. The van der Waals surface area contributed by atoms with Gasteiger partial charge < -0.3 is 14.8 Å². The van der Waals surface area contributed by atoms with Gasteiger partial charge >= 0.3 is 12.6 Å². The van der Waals surface area contributed by atoms with Crippen LogP contribution in [0.2, 0.25) is 0 Å². The smallest absolute Gasteiger partial charge is 0.387 e. The number of nitrogens with one attached hydrogen (secondary N) is 1. The maximum atomic E-state index is 12.4. The van der Waals surface area contributed by atoms with E-state index in [1.54, 1.807) is 25.1 Å². The van der Waals surface area contributed by atoms with Gasteiger partial charge in [0.25, 0.3) is 5.91 Å². The van der Waals surface area contributed by atoms with Gasteiger partial charge in [0.15, 0.2) is 6.61 Å². The molecule has 6 nitrogen and oxygen atoms in total. The fourth-order valence-corrected chi connectivity index (χ4v) is 3.09. The van der Waals surface area contributed by atoms with E-state index in [-0.39, 0.29) is 17.0 Å². The lowest BCUT2D eigenvalue weighted by Gasteiger charge is -2.12. The average molecular weight is 397 g/mol. The van der Waals surface area contributed by atoms with Gasteiger partial charge in [-0.3, -0.25) is 9.00 Å². The van der Waals surface area contributed by atoms with Crippen LogP contribution in [0.4, 0.5) is 14.5 Å². The average Bonchev–Trinajstić information content (AvgIpc) is 2.66. The molecule has 0 saturated carbocycles. The van der Waals surface area contributed by atoms with Gasteiger partial charge in [0.1, 0.15) is 5.75 Å². The predicted octanol–water partition coefficient (Wildman–Crippen LogP) is 3.21. The van der Waals surface area contributed by atoms with Crippen molar-refractivity contribution in [2.24, 2.45) is 0 Å². The molecule has 2 rings (SSSR count). The zero-order valence-electron chi connectivity index (χ0n) is 14.3. The number of carbonyl (C=O) groups excluding carboxylic acids is 2. The van der Waals surface area contributed by atoms with Gasteiger partial charge in [0.05, 0.1) is 26.9 Å². The summed E-state index contributed by atoms with van der Waals surface area (Å²) in [7, 11) is -1.37. The number of halogens is 2. The molecule has 27 heavy (non-hydrogen) atoms. The molecule has 0 saturated heterocycles. The Bertz CT molecular complexity index is 844. The van der Waals surface area contributed by atoms with Crippen molar-refractivity contribution in [1.82, 2.24) is 0 Å². The van der Waals surface area contributed by atoms with Crippen molar-refractivity contribution < 1.29 is 32.1 Å². The second-order valence-corrected chi connectivity index (χ2v) is 6.84. The van der Waals surface area contributed by atoms with E-state index < -0.39 is 35.9 Å². The third-order valence-corrected chi connectivity index (χ3v) is 4.70. The zero-order chi connectivity index (χ0) is 19.8. The van der Waals surface area contributed by atoms with Crippen LogP contribution in [0.15, 0.2) is 53.4 Å². The Balaban J connectivity index is 2.01. The monoisotopic (exact) mass is 397 g/mol. The van der Waals surface area contributed by atoms with Gasteiger partial charge in [0.2, 0.25) is 0 Å². The SMILES string of the molecule is CCS(=O)c1ccccc1C(=O)OCC(=O)Nc1ccccc1OC(F)F. The Kier molecular flexibility index (Phi) is 7.42. The minimum absolute atomic E-state index is 0.0198. The van der Waals surface area contributed by atoms with Crippen LogP contribution in [0, 0.1) is 0 Å². The largest absolute Gasteiger partial charge is 0.452 e. The Morgan fingerprint density at radius 3 is 2.48 bits per heavy atom. The molecule has 1 N–H and O–H groups in total. The van der Waals surface area contributed by atoms with E-state index in [4.69, 9.17) is 4.74 Å². The summed E-state index contributed by atoms with van der Waals surface area (Å²) in [6.45, 7) is -1.98. The molecule has 2 aromatic carbocycles. The number of rotatable bonds is 8. The van der Waals surface area contributed by atoms with Crippen molar-refractivity contribution in [1.29, 1.82) is 0 Å². The van der Waals surface area contributed by atoms with Crippen LogP contribution in [-0.4, -0.2) is 35.1 Å². The third-order valence-electron chi connectivity index (χ3n) is 3.33. The molecule has 0 aromatic heterocycles.